The summed E-state index contributed by atoms with van der Waals surface area (Å²) in [7, 11) is 3.33. The topological polar surface area (TPSA) is 95.1 Å². The minimum Gasteiger partial charge on any atom is -0.496 e. The fraction of sp³-hybridized carbons (Fsp3) is 0.158. The zero-order chi connectivity index (χ0) is 19.7. The van der Waals surface area contributed by atoms with Crippen molar-refractivity contribution >= 4 is 22.9 Å². The molecule has 0 saturated carbocycles. The number of para-hydroxylation sites is 1. The first kappa shape index (κ1) is 17.9. The van der Waals surface area contributed by atoms with Gasteiger partial charge in [-0.05, 0) is 36.6 Å². The van der Waals surface area contributed by atoms with Crippen LogP contribution in [-0.4, -0.2) is 32.9 Å². The highest BCUT2D eigenvalue weighted by Gasteiger charge is 2.20. The van der Waals surface area contributed by atoms with Gasteiger partial charge in [0, 0.05) is 12.6 Å². The van der Waals surface area contributed by atoms with Gasteiger partial charge in [0.25, 0.3) is 11.8 Å². The molecule has 0 saturated heterocycles. The molecule has 9 heteroatoms. The van der Waals surface area contributed by atoms with Crippen molar-refractivity contribution in [1.82, 2.24) is 19.9 Å². The lowest BCUT2D eigenvalue weighted by Crippen LogP contribution is -2.16. The summed E-state index contributed by atoms with van der Waals surface area (Å²) in [4.78, 5) is 17.8. The lowest BCUT2D eigenvalue weighted by atomic mass is 10.1. The van der Waals surface area contributed by atoms with Crippen LogP contribution in [0, 0.1) is 6.92 Å². The van der Waals surface area contributed by atoms with Crippen molar-refractivity contribution in [3.63, 3.8) is 0 Å². The van der Waals surface area contributed by atoms with E-state index in [1.54, 1.807) is 37.9 Å². The smallest absolute Gasteiger partial charge is 0.273 e. The van der Waals surface area contributed by atoms with Crippen LogP contribution < -0.4 is 10.1 Å². The molecule has 0 unspecified atom stereocenters. The third kappa shape index (κ3) is 3.27. The van der Waals surface area contributed by atoms with Crippen molar-refractivity contribution in [2.45, 2.75) is 6.92 Å². The fourth-order valence-electron chi connectivity index (χ4n) is 2.82. The number of carbonyl (C=O) groups is 1. The zero-order valence-electron chi connectivity index (χ0n) is 15.5. The number of nitrogens with zero attached hydrogens (tertiary/aromatic N) is 4. The number of aryl methyl sites for hydroxylation is 2. The van der Waals surface area contributed by atoms with Gasteiger partial charge >= 0.3 is 0 Å². The highest BCUT2D eigenvalue weighted by Crippen LogP contribution is 2.33. The number of hydrogen-bond donors (Lipinski definition) is 1. The number of nitrogens with one attached hydrogen (secondary N) is 1. The second-order valence-corrected chi connectivity index (χ2v) is 6.92. The quantitative estimate of drug-likeness (QED) is 0.553. The van der Waals surface area contributed by atoms with E-state index in [4.69, 9.17) is 9.26 Å². The minimum absolute atomic E-state index is 0.285. The molecule has 0 aliphatic heterocycles. The van der Waals surface area contributed by atoms with Crippen LogP contribution in [0.4, 0.5) is 5.69 Å². The number of ether oxygens (including phenoxy) is 1. The number of amides is 1. The van der Waals surface area contributed by atoms with Gasteiger partial charge in [-0.1, -0.05) is 17.3 Å². The van der Waals surface area contributed by atoms with Gasteiger partial charge in [0.05, 0.1) is 18.5 Å². The Morgan fingerprint density at radius 1 is 1.29 bits per heavy atom. The summed E-state index contributed by atoms with van der Waals surface area (Å²) in [6.07, 6.45) is 0. The van der Waals surface area contributed by atoms with Crippen molar-refractivity contribution in [3.8, 4) is 27.8 Å². The summed E-state index contributed by atoms with van der Waals surface area (Å²) in [6, 6.07) is 11.1. The van der Waals surface area contributed by atoms with E-state index in [1.165, 1.54) is 11.3 Å². The third-order valence-electron chi connectivity index (χ3n) is 4.13. The van der Waals surface area contributed by atoms with E-state index in [1.807, 2.05) is 29.6 Å². The van der Waals surface area contributed by atoms with E-state index in [9.17, 15) is 4.79 Å². The Labute approximate surface area is 164 Å². The van der Waals surface area contributed by atoms with Crippen LogP contribution >= 0.6 is 11.3 Å². The molecular weight excluding hydrogens is 378 g/mol. The lowest BCUT2D eigenvalue weighted by molar-refractivity contribution is 0.101. The first-order valence-electron chi connectivity index (χ1n) is 8.43. The summed E-state index contributed by atoms with van der Waals surface area (Å²) < 4.78 is 12.1. The summed E-state index contributed by atoms with van der Waals surface area (Å²) in [6.45, 7) is 1.74. The standard InChI is InChI=1S/C19H17N5O3S/c1-11-20-19(27-23-11)17-13(8-9-28-17)21-18(25)15-10-14(22-24(15)2)12-6-4-5-7-16(12)26-3/h4-10H,1-3H3,(H,21,25). The number of methoxy groups -OCH3 is 1. The molecule has 3 heterocycles. The van der Waals surface area contributed by atoms with Crippen LogP contribution in [0.1, 0.15) is 16.3 Å². The maximum Gasteiger partial charge on any atom is 0.273 e. The van der Waals surface area contributed by atoms with Gasteiger partial charge in [0.2, 0.25) is 0 Å². The molecule has 142 valence electrons. The van der Waals surface area contributed by atoms with E-state index in [0.717, 1.165) is 5.56 Å². The van der Waals surface area contributed by atoms with Gasteiger partial charge in [0.1, 0.15) is 16.3 Å². The highest BCUT2D eigenvalue weighted by atomic mass is 32.1. The Balaban J connectivity index is 1.62. The molecule has 8 nitrogen and oxygen atoms in total. The molecule has 1 amide bonds. The molecule has 1 aromatic carbocycles. The zero-order valence-corrected chi connectivity index (χ0v) is 16.3. The van der Waals surface area contributed by atoms with Gasteiger partial charge in [0.15, 0.2) is 5.82 Å². The maximum atomic E-state index is 12.9. The van der Waals surface area contributed by atoms with Crippen molar-refractivity contribution in [1.29, 1.82) is 0 Å². The molecule has 4 aromatic rings. The Kier molecular flexibility index (Phi) is 4.66. The third-order valence-corrected chi connectivity index (χ3v) is 5.03. The van der Waals surface area contributed by atoms with Crippen molar-refractivity contribution in [2.24, 2.45) is 7.05 Å². The normalized spacial score (nSPS) is 10.8. The second-order valence-electron chi connectivity index (χ2n) is 6.00. The average molecular weight is 395 g/mol. The molecule has 0 aliphatic rings. The Morgan fingerprint density at radius 3 is 2.86 bits per heavy atom. The van der Waals surface area contributed by atoms with Gasteiger partial charge in [-0.25, -0.2) is 0 Å². The molecule has 0 fully saturated rings. The second kappa shape index (κ2) is 7.28. The van der Waals surface area contributed by atoms with E-state index in [0.29, 0.717) is 39.4 Å². The largest absolute Gasteiger partial charge is 0.496 e. The molecule has 3 aromatic heterocycles. The SMILES string of the molecule is COc1ccccc1-c1cc(C(=O)Nc2ccsc2-c2nc(C)no2)n(C)n1. The molecule has 28 heavy (non-hydrogen) atoms. The van der Waals surface area contributed by atoms with Gasteiger partial charge in [-0.15, -0.1) is 11.3 Å². The average Bonchev–Trinajstić information content (AvgIpc) is 3.41. The summed E-state index contributed by atoms with van der Waals surface area (Å²) in [5.74, 6) is 1.32. The molecule has 1 N–H and O–H groups in total. The Hall–Kier alpha value is -3.46. The molecule has 0 spiro atoms. The number of anilines is 1. The molecule has 0 bridgehead atoms. The Morgan fingerprint density at radius 2 is 2.11 bits per heavy atom. The van der Waals surface area contributed by atoms with Crippen LogP contribution in [0.25, 0.3) is 22.0 Å². The van der Waals surface area contributed by atoms with E-state index in [2.05, 4.69) is 20.6 Å². The number of carbonyl (C=O) groups excluding carboxylic acids is 1. The molecule has 0 aliphatic carbocycles. The summed E-state index contributed by atoms with van der Waals surface area (Å²) in [5, 5.41) is 13.0. The Bertz CT molecular complexity index is 1140. The number of thiophene rings is 1. The van der Waals surface area contributed by atoms with Gasteiger partial charge in [-0.3, -0.25) is 9.48 Å². The van der Waals surface area contributed by atoms with Gasteiger partial charge in [-0.2, -0.15) is 10.1 Å². The van der Waals surface area contributed by atoms with Crippen LogP contribution in [0.5, 0.6) is 5.75 Å². The highest BCUT2D eigenvalue weighted by molar-refractivity contribution is 7.14. The van der Waals surface area contributed by atoms with E-state index >= 15 is 0 Å². The summed E-state index contributed by atoms with van der Waals surface area (Å²) >= 11 is 1.41. The maximum absolute atomic E-state index is 12.9. The minimum atomic E-state index is -0.285. The summed E-state index contributed by atoms with van der Waals surface area (Å²) in [5.41, 5.74) is 2.50. The first-order chi connectivity index (χ1) is 13.6. The lowest BCUT2D eigenvalue weighted by Gasteiger charge is -2.04. The monoisotopic (exact) mass is 395 g/mol. The molecule has 0 radical (unpaired) electrons. The number of aromatic nitrogens is 4. The van der Waals surface area contributed by atoms with Crippen molar-refractivity contribution < 1.29 is 14.1 Å². The van der Waals surface area contributed by atoms with Gasteiger partial charge < -0.3 is 14.6 Å². The van der Waals surface area contributed by atoms with Crippen LogP contribution in [0.2, 0.25) is 0 Å². The van der Waals surface area contributed by atoms with Crippen molar-refractivity contribution in [3.05, 3.63) is 53.3 Å². The predicted octanol–water partition coefficient (Wildman–Crippen LogP) is 3.77. The number of benzene rings is 1. The first-order valence-corrected chi connectivity index (χ1v) is 9.31. The van der Waals surface area contributed by atoms with E-state index in [-0.39, 0.29) is 5.91 Å². The number of hydrogen-bond acceptors (Lipinski definition) is 7. The van der Waals surface area contributed by atoms with E-state index < -0.39 is 0 Å². The number of rotatable bonds is 5. The predicted molar refractivity (Wildman–Crippen MR) is 105 cm³/mol. The molecule has 4 rings (SSSR count). The molecular formula is C19H17N5O3S. The van der Waals surface area contributed by atoms with Crippen LogP contribution in [0.15, 0.2) is 46.3 Å². The van der Waals surface area contributed by atoms with Crippen LogP contribution in [0.3, 0.4) is 0 Å². The fourth-order valence-corrected chi connectivity index (χ4v) is 3.59. The van der Waals surface area contributed by atoms with Crippen LogP contribution in [-0.2, 0) is 7.05 Å². The molecule has 0 atom stereocenters. The van der Waals surface area contributed by atoms with Crippen molar-refractivity contribution in [2.75, 3.05) is 12.4 Å².